The fourth-order valence-electron chi connectivity index (χ4n) is 4.93. The highest BCUT2D eigenvalue weighted by molar-refractivity contribution is 7.92. The molecule has 0 saturated heterocycles. The molecule has 0 radical (unpaired) electrons. The Morgan fingerprint density at radius 1 is 0.970 bits per heavy atom. The summed E-state index contributed by atoms with van der Waals surface area (Å²) in [6.45, 7) is 0. The zero-order chi connectivity index (χ0) is 24.1. The number of carbonyl (C=O) groups is 1. The second kappa shape index (κ2) is 8.90. The van der Waals surface area contributed by atoms with Gasteiger partial charge in [-0.05, 0) is 55.7 Å². The van der Waals surface area contributed by atoms with Crippen LogP contribution in [-0.4, -0.2) is 42.0 Å². The number of rotatable bonds is 4. The number of benzene rings is 2. The van der Waals surface area contributed by atoms with Gasteiger partial charge in [0.15, 0.2) is 27.3 Å². The van der Waals surface area contributed by atoms with Gasteiger partial charge in [-0.25, -0.2) is 21.6 Å². The lowest BCUT2D eigenvalue weighted by molar-refractivity contribution is 0.00104. The quantitative estimate of drug-likeness (QED) is 0.552. The van der Waals surface area contributed by atoms with E-state index in [2.05, 4.69) is 5.32 Å². The van der Waals surface area contributed by atoms with Crippen LogP contribution in [0.1, 0.15) is 36.0 Å². The van der Waals surface area contributed by atoms with Crippen LogP contribution in [-0.2, 0) is 9.84 Å². The summed E-state index contributed by atoms with van der Waals surface area (Å²) < 4.78 is 67.2. The molecule has 4 rings (SSSR count). The molecule has 4 atom stereocenters. The number of halogens is 4. The van der Waals surface area contributed by atoms with Crippen LogP contribution in [0.25, 0.3) is 0 Å². The second-order valence-corrected chi connectivity index (χ2v) is 11.0. The molecule has 2 aliphatic rings. The van der Waals surface area contributed by atoms with Crippen molar-refractivity contribution in [2.75, 3.05) is 5.32 Å². The first kappa shape index (κ1) is 24.0. The molecule has 0 spiro atoms. The molecule has 2 saturated carbocycles. The molecule has 6 nitrogen and oxygen atoms in total. The van der Waals surface area contributed by atoms with E-state index in [-0.39, 0.29) is 45.8 Å². The number of carbonyl (C=O) groups excluding carboxylic acids is 1. The Morgan fingerprint density at radius 2 is 1.52 bits per heavy atom. The number of hydrogen-bond acceptors (Lipinski definition) is 5. The maximum atomic E-state index is 13.6. The predicted molar refractivity (Wildman–Crippen MR) is 114 cm³/mol. The van der Waals surface area contributed by atoms with Crippen LogP contribution in [0.4, 0.5) is 18.9 Å². The maximum Gasteiger partial charge on any atom is 0.255 e. The van der Waals surface area contributed by atoms with Crippen LogP contribution in [0.3, 0.4) is 0 Å². The van der Waals surface area contributed by atoms with Crippen molar-refractivity contribution < 1.29 is 36.6 Å². The molecule has 0 aromatic heterocycles. The number of nitrogens with one attached hydrogen (secondary N) is 1. The molecule has 2 aromatic carbocycles. The lowest BCUT2D eigenvalue weighted by Gasteiger charge is -2.23. The standard InChI is InChI=1S/C22H21ClF3NO5S/c23-14-4-3-12(22(30)27-13-8-15(24)20(26)16(25)9-13)7-19(14)33(31,32)21-10-1-2-11(21)6-18(29)17(28)5-10/h3-4,7-11,17-18,21,28-29H,1-2,5-6H2,(H,27,30). The Kier molecular flexibility index (Phi) is 6.47. The Morgan fingerprint density at radius 3 is 2.06 bits per heavy atom. The van der Waals surface area contributed by atoms with Gasteiger partial charge >= 0.3 is 0 Å². The molecule has 0 aliphatic heterocycles. The molecular weight excluding hydrogens is 483 g/mol. The van der Waals surface area contributed by atoms with Crippen molar-refractivity contribution in [1.82, 2.24) is 0 Å². The van der Waals surface area contributed by atoms with Crippen molar-refractivity contribution in [3.05, 3.63) is 58.4 Å². The van der Waals surface area contributed by atoms with Gasteiger partial charge in [0, 0.05) is 23.4 Å². The maximum absolute atomic E-state index is 13.6. The summed E-state index contributed by atoms with van der Waals surface area (Å²) in [6.07, 6.45) is -0.582. The first-order chi connectivity index (χ1) is 15.5. The van der Waals surface area contributed by atoms with Crippen molar-refractivity contribution in [3.63, 3.8) is 0 Å². The molecule has 33 heavy (non-hydrogen) atoms. The molecule has 1 amide bonds. The summed E-state index contributed by atoms with van der Waals surface area (Å²) in [5.41, 5.74) is -0.482. The summed E-state index contributed by atoms with van der Waals surface area (Å²) in [5.74, 6) is -6.27. The minimum atomic E-state index is -4.05. The predicted octanol–water partition coefficient (Wildman–Crippen LogP) is 3.69. The zero-order valence-corrected chi connectivity index (χ0v) is 18.7. The molecule has 2 bridgehead atoms. The van der Waals surface area contributed by atoms with E-state index in [0.29, 0.717) is 25.0 Å². The SMILES string of the molecule is O=C(Nc1cc(F)c(F)c(F)c1)c1ccc(Cl)c(S(=O)(=O)C2C3CCC2CC(O)C(O)C3)c1. The van der Waals surface area contributed by atoms with Gasteiger partial charge in [0.2, 0.25) is 0 Å². The van der Waals surface area contributed by atoms with Gasteiger partial charge in [-0.2, -0.15) is 0 Å². The van der Waals surface area contributed by atoms with Crippen LogP contribution in [0.15, 0.2) is 35.2 Å². The number of fused-ring (bicyclic) bond motifs is 2. The Labute approximate surface area is 193 Å². The van der Waals surface area contributed by atoms with Crippen molar-refractivity contribution in [2.45, 2.75) is 48.0 Å². The fraction of sp³-hybridized carbons (Fsp3) is 0.409. The van der Waals surface area contributed by atoms with E-state index in [1.807, 2.05) is 0 Å². The highest BCUT2D eigenvalue weighted by Crippen LogP contribution is 2.47. The minimum absolute atomic E-state index is 0.102. The molecule has 2 fully saturated rings. The van der Waals surface area contributed by atoms with Crippen LogP contribution >= 0.6 is 11.6 Å². The summed E-state index contributed by atoms with van der Waals surface area (Å²) in [6, 6.07) is 4.77. The molecule has 11 heteroatoms. The summed E-state index contributed by atoms with van der Waals surface area (Å²) >= 11 is 6.19. The van der Waals surface area contributed by atoms with E-state index in [9.17, 15) is 36.6 Å². The summed E-state index contributed by atoms with van der Waals surface area (Å²) in [4.78, 5) is 12.3. The number of amides is 1. The third-order valence-electron chi connectivity index (χ3n) is 6.47. The first-order valence-corrected chi connectivity index (χ1v) is 12.3. The number of sulfone groups is 1. The van der Waals surface area contributed by atoms with E-state index < -0.39 is 50.7 Å². The molecule has 0 heterocycles. The Balaban J connectivity index is 1.65. The first-order valence-electron chi connectivity index (χ1n) is 10.3. The second-order valence-electron chi connectivity index (χ2n) is 8.57. The van der Waals surface area contributed by atoms with Crippen LogP contribution in [0.5, 0.6) is 0 Å². The monoisotopic (exact) mass is 503 g/mol. The highest BCUT2D eigenvalue weighted by Gasteiger charge is 2.49. The Bertz CT molecular complexity index is 1170. The normalized spacial score (nSPS) is 27.3. The fourth-order valence-corrected chi connectivity index (χ4v) is 7.80. The van der Waals surface area contributed by atoms with E-state index in [1.165, 1.54) is 12.1 Å². The van der Waals surface area contributed by atoms with Crippen LogP contribution in [0.2, 0.25) is 5.02 Å². The third kappa shape index (κ3) is 4.49. The zero-order valence-electron chi connectivity index (χ0n) is 17.1. The van der Waals surface area contributed by atoms with E-state index >= 15 is 0 Å². The van der Waals surface area contributed by atoms with Gasteiger partial charge in [0.05, 0.1) is 27.4 Å². The third-order valence-corrected chi connectivity index (χ3v) is 9.35. The molecule has 3 N–H and O–H groups in total. The molecule has 2 aromatic rings. The minimum Gasteiger partial charge on any atom is -0.390 e. The molecule has 2 aliphatic carbocycles. The largest absolute Gasteiger partial charge is 0.390 e. The smallest absolute Gasteiger partial charge is 0.255 e. The van der Waals surface area contributed by atoms with Gasteiger partial charge in [-0.3, -0.25) is 4.79 Å². The van der Waals surface area contributed by atoms with Crippen molar-refractivity contribution in [1.29, 1.82) is 0 Å². The van der Waals surface area contributed by atoms with Gasteiger partial charge in [0.25, 0.3) is 5.91 Å². The average molecular weight is 504 g/mol. The Hall–Kier alpha value is -2.14. The lowest BCUT2D eigenvalue weighted by Crippen LogP contribution is -2.31. The van der Waals surface area contributed by atoms with E-state index in [4.69, 9.17) is 11.6 Å². The molecule has 178 valence electrons. The molecular formula is C22H21ClF3NO5S. The number of aliphatic hydroxyl groups excluding tert-OH is 2. The highest BCUT2D eigenvalue weighted by atomic mass is 35.5. The van der Waals surface area contributed by atoms with Crippen LogP contribution in [0, 0.1) is 29.3 Å². The summed E-state index contributed by atoms with van der Waals surface area (Å²) in [7, 11) is -4.05. The number of anilines is 1. The van der Waals surface area contributed by atoms with E-state index in [1.54, 1.807) is 0 Å². The average Bonchev–Trinajstić information content (AvgIpc) is 3.08. The lowest BCUT2D eigenvalue weighted by atomic mass is 9.96. The topological polar surface area (TPSA) is 104 Å². The molecule has 4 unspecified atom stereocenters. The van der Waals surface area contributed by atoms with Gasteiger partial charge < -0.3 is 15.5 Å². The summed E-state index contributed by atoms with van der Waals surface area (Å²) in [5, 5.41) is 21.4. The van der Waals surface area contributed by atoms with Gasteiger partial charge in [0.1, 0.15) is 0 Å². The number of aliphatic hydroxyl groups is 2. The van der Waals surface area contributed by atoms with Crippen molar-refractivity contribution in [2.24, 2.45) is 11.8 Å². The number of hydrogen-bond donors (Lipinski definition) is 3. The van der Waals surface area contributed by atoms with Crippen molar-refractivity contribution >= 4 is 33.0 Å². The van der Waals surface area contributed by atoms with Crippen molar-refractivity contribution in [3.8, 4) is 0 Å². The van der Waals surface area contributed by atoms with E-state index in [0.717, 1.165) is 6.07 Å². The van der Waals surface area contributed by atoms with Gasteiger partial charge in [-0.1, -0.05) is 11.6 Å². The van der Waals surface area contributed by atoms with Crippen LogP contribution < -0.4 is 5.32 Å². The van der Waals surface area contributed by atoms with Gasteiger partial charge in [-0.15, -0.1) is 0 Å².